The van der Waals surface area contributed by atoms with Gasteiger partial charge >= 0.3 is 0 Å². The summed E-state index contributed by atoms with van der Waals surface area (Å²) in [7, 11) is 0. The second-order valence-electron chi connectivity index (χ2n) is 6.53. The van der Waals surface area contributed by atoms with Crippen LogP contribution in [0.4, 0.5) is 0 Å². The molecule has 2 fully saturated rings. The molecule has 3 rings (SSSR count). The highest BCUT2D eigenvalue weighted by atomic mass is 15.3. The van der Waals surface area contributed by atoms with Crippen LogP contribution in [0.3, 0.4) is 0 Å². The van der Waals surface area contributed by atoms with E-state index >= 15 is 0 Å². The van der Waals surface area contributed by atoms with E-state index in [1.165, 1.54) is 64.8 Å². The van der Waals surface area contributed by atoms with Crippen LogP contribution >= 0.6 is 0 Å². The summed E-state index contributed by atoms with van der Waals surface area (Å²) in [4.78, 5) is 5.45. The second-order valence-corrected chi connectivity index (χ2v) is 6.53. The molecule has 2 heteroatoms. The van der Waals surface area contributed by atoms with Gasteiger partial charge in [0, 0.05) is 38.8 Å². The van der Waals surface area contributed by atoms with Gasteiger partial charge in [-0.15, -0.1) is 0 Å². The topological polar surface area (TPSA) is 6.48 Å². The zero-order valence-corrected chi connectivity index (χ0v) is 12.4. The Balaban J connectivity index is 1.53. The Morgan fingerprint density at radius 2 is 2.16 bits per heavy atom. The van der Waals surface area contributed by atoms with Gasteiger partial charge in [0.1, 0.15) is 0 Å². The molecular formula is C17H28N2. The van der Waals surface area contributed by atoms with Gasteiger partial charge in [-0.3, -0.25) is 4.90 Å². The van der Waals surface area contributed by atoms with Crippen molar-refractivity contribution >= 4 is 0 Å². The first-order chi connectivity index (χ1) is 9.35. The lowest BCUT2D eigenvalue weighted by molar-refractivity contribution is 0.0761. The average Bonchev–Trinajstić information content (AvgIpc) is 3.25. The molecule has 0 bridgehead atoms. The van der Waals surface area contributed by atoms with Crippen molar-refractivity contribution in [2.24, 2.45) is 5.92 Å². The lowest BCUT2D eigenvalue weighted by atomic mass is 10.0. The van der Waals surface area contributed by atoms with E-state index < -0.39 is 0 Å². The third-order valence-corrected chi connectivity index (χ3v) is 4.88. The predicted molar refractivity (Wildman–Crippen MR) is 81.3 cm³/mol. The molecule has 1 atom stereocenters. The van der Waals surface area contributed by atoms with E-state index in [0.717, 1.165) is 12.0 Å². The molecule has 106 valence electrons. The van der Waals surface area contributed by atoms with Gasteiger partial charge in [0.15, 0.2) is 0 Å². The Morgan fingerprint density at radius 3 is 2.84 bits per heavy atom. The number of hydrogen-bond donors (Lipinski definition) is 0. The molecule has 2 aliphatic carbocycles. The number of piperazine rings is 1. The maximum absolute atomic E-state index is 2.73. The number of rotatable bonds is 5. The Hall–Kier alpha value is -0.600. The molecular weight excluding hydrogens is 232 g/mol. The number of nitrogens with zero attached hydrogens (tertiary/aromatic N) is 2. The van der Waals surface area contributed by atoms with Gasteiger partial charge in [-0.2, -0.15) is 0 Å². The van der Waals surface area contributed by atoms with Crippen molar-refractivity contribution in [1.29, 1.82) is 0 Å². The van der Waals surface area contributed by atoms with E-state index in [9.17, 15) is 0 Å². The molecule has 1 saturated carbocycles. The van der Waals surface area contributed by atoms with Crippen molar-refractivity contribution in [2.75, 3.05) is 32.7 Å². The van der Waals surface area contributed by atoms with Crippen LogP contribution in [0, 0.1) is 5.92 Å². The molecule has 0 aromatic rings. The minimum absolute atomic E-state index is 0.777. The molecule has 0 amide bonds. The first-order valence-electron chi connectivity index (χ1n) is 8.16. The van der Waals surface area contributed by atoms with Gasteiger partial charge in [0.2, 0.25) is 0 Å². The Labute approximate surface area is 118 Å². The smallest absolute Gasteiger partial charge is 0.0224 e. The summed E-state index contributed by atoms with van der Waals surface area (Å²) >= 11 is 0. The predicted octanol–water partition coefficient (Wildman–Crippen LogP) is 3.07. The normalized spacial score (nSPS) is 29.5. The van der Waals surface area contributed by atoms with Crippen LogP contribution in [0.5, 0.6) is 0 Å². The van der Waals surface area contributed by atoms with E-state index in [1.807, 2.05) is 0 Å². The number of allylic oxidation sites excluding steroid dienone is 3. The highest BCUT2D eigenvalue weighted by Crippen LogP contribution is 2.30. The van der Waals surface area contributed by atoms with Crippen molar-refractivity contribution < 1.29 is 0 Å². The summed E-state index contributed by atoms with van der Waals surface area (Å²) in [5.41, 5.74) is 1.64. The summed E-state index contributed by atoms with van der Waals surface area (Å²) in [6.07, 6.45) is 13.6. The highest BCUT2D eigenvalue weighted by molar-refractivity contribution is 5.19. The molecule has 1 aliphatic heterocycles. The van der Waals surface area contributed by atoms with Crippen LogP contribution < -0.4 is 0 Å². The largest absolute Gasteiger partial charge is 0.300 e. The molecule has 3 aliphatic rings. The number of hydrogen-bond acceptors (Lipinski definition) is 2. The Kier molecular flexibility index (Phi) is 4.39. The van der Waals surface area contributed by atoms with Crippen LogP contribution in [0.1, 0.15) is 39.0 Å². The molecule has 19 heavy (non-hydrogen) atoms. The molecule has 0 aromatic carbocycles. The lowest BCUT2D eigenvalue weighted by Gasteiger charge is -2.42. The van der Waals surface area contributed by atoms with E-state index in [1.54, 1.807) is 5.57 Å². The third-order valence-electron chi connectivity index (χ3n) is 4.88. The maximum Gasteiger partial charge on any atom is 0.0224 e. The molecule has 0 unspecified atom stereocenters. The fourth-order valence-corrected chi connectivity index (χ4v) is 3.43. The van der Waals surface area contributed by atoms with Gasteiger partial charge in [-0.1, -0.05) is 30.7 Å². The Morgan fingerprint density at radius 1 is 1.26 bits per heavy atom. The highest BCUT2D eigenvalue weighted by Gasteiger charge is 2.30. The zero-order chi connectivity index (χ0) is 13.1. The standard InChI is InChI=1S/C17H28N2/c1-2-17-14-18(12-16-8-9-16)10-11-19(17)13-15-6-4-3-5-7-15/h3-4,6,16-17H,2,5,7-14H2,1H3/t17-/m0/s1. The Bertz CT molecular complexity index is 354. The van der Waals surface area contributed by atoms with Crippen molar-refractivity contribution in [2.45, 2.75) is 45.1 Å². The second kappa shape index (κ2) is 6.23. The van der Waals surface area contributed by atoms with E-state index in [4.69, 9.17) is 0 Å². The molecule has 1 saturated heterocycles. The molecule has 0 aromatic heterocycles. The monoisotopic (exact) mass is 260 g/mol. The summed E-state index contributed by atoms with van der Waals surface area (Å²) in [6.45, 7) is 8.79. The van der Waals surface area contributed by atoms with Gasteiger partial charge in [-0.25, -0.2) is 0 Å². The SMILES string of the molecule is CC[C@H]1CN(CC2CC2)CCN1CC1=CC=CCC1. The van der Waals surface area contributed by atoms with Crippen LogP contribution in [-0.2, 0) is 0 Å². The summed E-state index contributed by atoms with van der Waals surface area (Å²) < 4.78 is 0. The molecule has 2 nitrogen and oxygen atoms in total. The van der Waals surface area contributed by atoms with E-state index in [-0.39, 0.29) is 0 Å². The molecule has 1 heterocycles. The van der Waals surface area contributed by atoms with Gasteiger partial charge < -0.3 is 4.90 Å². The quantitative estimate of drug-likeness (QED) is 0.749. The third kappa shape index (κ3) is 3.70. The van der Waals surface area contributed by atoms with Crippen molar-refractivity contribution in [3.8, 4) is 0 Å². The minimum atomic E-state index is 0.777. The fraction of sp³-hybridized carbons (Fsp3) is 0.765. The van der Waals surface area contributed by atoms with Gasteiger partial charge in [0.25, 0.3) is 0 Å². The van der Waals surface area contributed by atoms with Crippen LogP contribution in [0.25, 0.3) is 0 Å². The first kappa shape index (κ1) is 13.4. The van der Waals surface area contributed by atoms with Gasteiger partial charge in [0.05, 0.1) is 0 Å². The molecule has 0 N–H and O–H groups in total. The lowest BCUT2D eigenvalue weighted by Crippen LogP contribution is -2.53. The van der Waals surface area contributed by atoms with E-state index in [2.05, 4.69) is 35.0 Å². The van der Waals surface area contributed by atoms with Crippen LogP contribution in [0.2, 0.25) is 0 Å². The summed E-state index contributed by atoms with van der Waals surface area (Å²) in [5, 5.41) is 0. The minimum Gasteiger partial charge on any atom is -0.300 e. The van der Waals surface area contributed by atoms with Crippen LogP contribution in [-0.4, -0.2) is 48.6 Å². The van der Waals surface area contributed by atoms with Crippen molar-refractivity contribution in [3.05, 3.63) is 23.8 Å². The van der Waals surface area contributed by atoms with Crippen molar-refractivity contribution in [3.63, 3.8) is 0 Å². The first-order valence-corrected chi connectivity index (χ1v) is 8.16. The fourth-order valence-electron chi connectivity index (χ4n) is 3.43. The average molecular weight is 260 g/mol. The zero-order valence-electron chi connectivity index (χ0n) is 12.4. The van der Waals surface area contributed by atoms with E-state index in [0.29, 0.717) is 0 Å². The molecule has 0 radical (unpaired) electrons. The summed E-state index contributed by atoms with van der Waals surface area (Å²) in [6, 6.07) is 0.777. The van der Waals surface area contributed by atoms with Crippen molar-refractivity contribution in [1.82, 2.24) is 9.80 Å². The molecule has 0 spiro atoms. The van der Waals surface area contributed by atoms with Crippen LogP contribution in [0.15, 0.2) is 23.8 Å². The maximum atomic E-state index is 2.73. The van der Waals surface area contributed by atoms with Gasteiger partial charge in [-0.05, 0) is 38.0 Å². The summed E-state index contributed by atoms with van der Waals surface area (Å²) in [5.74, 6) is 1.04.